The lowest BCUT2D eigenvalue weighted by Gasteiger charge is -2.31. The fraction of sp³-hybridized carbons (Fsp3) is 0.636. The van der Waals surface area contributed by atoms with Crippen molar-refractivity contribution in [1.29, 1.82) is 0 Å². The van der Waals surface area contributed by atoms with Crippen LogP contribution in [0.25, 0.3) is 0 Å². The fourth-order valence-electron chi connectivity index (χ4n) is 2.19. The number of rotatable bonds is 4. The minimum atomic E-state index is -0.762. The molecule has 0 aromatic carbocycles. The highest BCUT2D eigenvalue weighted by Crippen LogP contribution is 2.20. The summed E-state index contributed by atoms with van der Waals surface area (Å²) in [6, 6.07) is 0. The minimum Gasteiger partial charge on any atom is -0.481 e. The van der Waals surface area contributed by atoms with Crippen molar-refractivity contribution >= 4 is 11.9 Å². The Kier molecular flexibility index (Phi) is 3.91. The summed E-state index contributed by atoms with van der Waals surface area (Å²) in [7, 11) is 0. The van der Waals surface area contributed by atoms with Crippen LogP contribution in [0, 0.1) is 5.92 Å². The first kappa shape index (κ1) is 12.5. The first-order chi connectivity index (χ1) is 8.65. The van der Waals surface area contributed by atoms with E-state index >= 15 is 0 Å². The van der Waals surface area contributed by atoms with Gasteiger partial charge < -0.3 is 10.0 Å². The van der Waals surface area contributed by atoms with E-state index < -0.39 is 5.97 Å². The molecule has 0 bridgehead atoms. The molecule has 2 rings (SSSR count). The number of nitrogens with zero attached hydrogens (tertiary/aromatic N) is 4. The van der Waals surface area contributed by atoms with Crippen LogP contribution in [0.2, 0.25) is 0 Å². The van der Waals surface area contributed by atoms with Gasteiger partial charge in [0.1, 0.15) is 6.54 Å². The predicted molar refractivity (Wildman–Crippen MR) is 61.6 cm³/mol. The van der Waals surface area contributed by atoms with Crippen molar-refractivity contribution < 1.29 is 14.7 Å². The van der Waals surface area contributed by atoms with Gasteiger partial charge in [-0.1, -0.05) is 5.21 Å². The second-order valence-corrected chi connectivity index (χ2v) is 4.52. The van der Waals surface area contributed by atoms with Crippen molar-refractivity contribution in [1.82, 2.24) is 19.9 Å². The summed E-state index contributed by atoms with van der Waals surface area (Å²) >= 11 is 0. The van der Waals surface area contributed by atoms with E-state index in [1.54, 1.807) is 11.1 Å². The van der Waals surface area contributed by atoms with Crippen LogP contribution >= 0.6 is 0 Å². The van der Waals surface area contributed by atoms with Gasteiger partial charge >= 0.3 is 5.97 Å². The van der Waals surface area contributed by atoms with Gasteiger partial charge in [-0.2, -0.15) is 0 Å². The van der Waals surface area contributed by atoms with E-state index in [0.717, 1.165) is 12.8 Å². The monoisotopic (exact) mass is 252 g/mol. The van der Waals surface area contributed by atoms with Crippen molar-refractivity contribution in [3.05, 3.63) is 12.4 Å². The SMILES string of the molecule is O=C(O)CC1CCN(C(=O)Cn2ccnn2)CC1. The molecule has 0 saturated carbocycles. The van der Waals surface area contributed by atoms with Crippen LogP contribution in [0.15, 0.2) is 12.4 Å². The molecule has 0 atom stereocenters. The largest absolute Gasteiger partial charge is 0.481 e. The molecule has 0 aliphatic carbocycles. The van der Waals surface area contributed by atoms with Gasteiger partial charge in [0.15, 0.2) is 0 Å². The molecular weight excluding hydrogens is 236 g/mol. The number of likely N-dealkylation sites (tertiary alicyclic amines) is 1. The molecule has 0 radical (unpaired) electrons. The van der Waals surface area contributed by atoms with Gasteiger partial charge in [0, 0.05) is 25.7 Å². The Balaban J connectivity index is 1.79. The van der Waals surface area contributed by atoms with Crippen molar-refractivity contribution in [3.8, 4) is 0 Å². The Morgan fingerprint density at radius 3 is 2.61 bits per heavy atom. The number of piperidine rings is 1. The zero-order valence-electron chi connectivity index (χ0n) is 10.0. The highest BCUT2D eigenvalue weighted by molar-refractivity contribution is 5.76. The molecule has 1 amide bonds. The molecule has 1 aromatic heterocycles. The van der Waals surface area contributed by atoms with Gasteiger partial charge in [0.2, 0.25) is 5.91 Å². The van der Waals surface area contributed by atoms with Crippen molar-refractivity contribution in [2.45, 2.75) is 25.8 Å². The number of carbonyl (C=O) groups excluding carboxylic acids is 1. The minimum absolute atomic E-state index is 0.00859. The maximum atomic E-state index is 11.9. The summed E-state index contributed by atoms with van der Waals surface area (Å²) < 4.78 is 1.49. The third-order valence-electron chi connectivity index (χ3n) is 3.20. The number of carboxylic acid groups (broad SMARTS) is 1. The van der Waals surface area contributed by atoms with Crippen LogP contribution in [0.4, 0.5) is 0 Å². The summed E-state index contributed by atoms with van der Waals surface area (Å²) in [6.07, 6.45) is 4.90. The van der Waals surface area contributed by atoms with Gasteiger partial charge in [0.25, 0.3) is 0 Å². The van der Waals surface area contributed by atoms with E-state index in [9.17, 15) is 9.59 Å². The van der Waals surface area contributed by atoms with Gasteiger partial charge in [-0.15, -0.1) is 5.10 Å². The predicted octanol–water partition coefficient (Wildman–Crippen LogP) is -0.00860. The van der Waals surface area contributed by atoms with E-state index in [0.29, 0.717) is 13.1 Å². The number of amides is 1. The molecule has 1 aliphatic rings. The van der Waals surface area contributed by atoms with Gasteiger partial charge in [-0.3, -0.25) is 9.59 Å². The van der Waals surface area contributed by atoms with E-state index in [1.165, 1.54) is 10.9 Å². The molecule has 0 unspecified atom stereocenters. The Hall–Kier alpha value is -1.92. The molecular formula is C11H16N4O3. The molecule has 98 valence electrons. The summed E-state index contributed by atoms with van der Waals surface area (Å²) in [6.45, 7) is 1.46. The molecule has 1 saturated heterocycles. The molecule has 1 N–H and O–H groups in total. The van der Waals surface area contributed by atoms with Crippen LogP contribution in [0.3, 0.4) is 0 Å². The van der Waals surface area contributed by atoms with Gasteiger partial charge in [-0.05, 0) is 18.8 Å². The van der Waals surface area contributed by atoms with E-state index in [4.69, 9.17) is 5.11 Å². The average Bonchev–Trinajstić information content (AvgIpc) is 2.82. The zero-order chi connectivity index (χ0) is 13.0. The van der Waals surface area contributed by atoms with Crippen LogP contribution in [-0.2, 0) is 16.1 Å². The molecule has 18 heavy (non-hydrogen) atoms. The molecule has 1 aromatic rings. The molecule has 7 heteroatoms. The summed E-state index contributed by atoms with van der Waals surface area (Å²) in [5, 5.41) is 16.1. The second kappa shape index (κ2) is 5.61. The Morgan fingerprint density at radius 1 is 1.33 bits per heavy atom. The quantitative estimate of drug-likeness (QED) is 0.814. The van der Waals surface area contributed by atoms with Crippen LogP contribution in [0.5, 0.6) is 0 Å². The van der Waals surface area contributed by atoms with Gasteiger partial charge in [-0.25, -0.2) is 4.68 Å². The maximum Gasteiger partial charge on any atom is 0.303 e. The Morgan fingerprint density at radius 2 is 2.06 bits per heavy atom. The maximum absolute atomic E-state index is 11.9. The highest BCUT2D eigenvalue weighted by Gasteiger charge is 2.24. The number of carboxylic acids is 1. The first-order valence-electron chi connectivity index (χ1n) is 5.99. The van der Waals surface area contributed by atoms with Crippen LogP contribution < -0.4 is 0 Å². The molecule has 1 aliphatic heterocycles. The normalized spacial score (nSPS) is 16.8. The lowest BCUT2D eigenvalue weighted by molar-refractivity contribution is -0.138. The molecule has 2 heterocycles. The molecule has 0 spiro atoms. The summed E-state index contributed by atoms with van der Waals surface area (Å²) in [5.41, 5.74) is 0. The first-order valence-corrected chi connectivity index (χ1v) is 5.99. The fourth-order valence-corrected chi connectivity index (χ4v) is 2.19. The smallest absolute Gasteiger partial charge is 0.303 e. The van der Waals surface area contributed by atoms with Crippen LogP contribution in [-0.4, -0.2) is 50.0 Å². The lowest BCUT2D eigenvalue weighted by atomic mass is 9.93. The lowest BCUT2D eigenvalue weighted by Crippen LogP contribution is -2.40. The van der Waals surface area contributed by atoms with Crippen LogP contribution in [0.1, 0.15) is 19.3 Å². The van der Waals surface area contributed by atoms with E-state index in [-0.39, 0.29) is 24.8 Å². The third-order valence-corrected chi connectivity index (χ3v) is 3.20. The zero-order valence-corrected chi connectivity index (χ0v) is 10.0. The van der Waals surface area contributed by atoms with Crippen molar-refractivity contribution in [2.75, 3.05) is 13.1 Å². The number of aliphatic carboxylic acids is 1. The number of hydrogen-bond donors (Lipinski definition) is 1. The topological polar surface area (TPSA) is 88.3 Å². The van der Waals surface area contributed by atoms with Crippen molar-refractivity contribution in [3.63, 3.8) is 0 Å². The average molecular weight is 252 g/mol. The van der Waals surface area contributed by atoms with E-state index in [1.807, 2.05) is 0 Å². The summed E-state index contributed by atoms with van der Waals surface area (Å²) in [4.78, 5) is 24.3. The van der Waals surface area contributed by atoms with E-state index in [2.05, 4.69) is 10.3 Å². The molecule has 1 fully saturated rings. The summed E-state index contributed by atoms with van der Waals surface area (Å²) in [5.74, 6) is -0.561. The standard InChI is InChI=1S/C11H16N4O3/c16-10(8-15-6-3-12-13-15)14-4-1-9(2-5-14)7-11(17)18/h3,6,9H,1-2,4-5,7-8H2,(H,17,18). The number of carbonyl (C=O) groups is 2. The number of aromatic nitrogens is 3. The van der Waals surface area contributed by atoms with Gasteiger partial charge in [0.05, 0.1) is 6.20 Å². The third kappa shape index (κ3) is 3.28. The highest BCUT2D eigenvalue weighted by atomic mass is 16.4. The Bertz CT molecular complexity index is 410. The Labute approximate surface area is 104 Å². The number of hydrogen-bond acceptors (Lipinski definition) is 4. The second-order valence-electron chi connectivity index (χ2n) is 4.52. The molecule has 7 nitrogen and oxygen atoms in total. The van der Waals surface area contributed by atoms with Crippen molar-refractivity contribution in [2.24, 2.45) is 5.92 Å².